The lowest BCUT2D eigenvalue weighted by Gasteiger charge is -2.18. The number of benzene rings is 2. The van der Waals surface area contributed by atoms with E-state index in [1.807, 2.05) is 54.7 Å². The first-order valence-corrected chi connectivity index (χ1v) is 13.5. The summed E-state index contributed by atoms with van der Waals surface area (Å²) < 4.78 is 7.28. The summed E-state index contributed by atoms with van der Waals surface area (Å²) in [7, 11) is 1.33. The molecule has 2 aromatic heterocycles. The van der Waals surface area contributed by atoms with Gasteiger partial charge in [-0.2, -0.15) is 9.83 Å². The normalized spacial score (nSPS) is 15.3. The lowest BCUT2D eigenvalue weighted by atomic mass is 9.88. The van der Waals surface area contributed by atoms with Crippen molar-refractivity contribution < 1.29 is 14.3 Å². The second kappa shape index (κ2) is 10.9. The fourth-order valence-electron chi connectivity index (χ4n) is 5.08. The van der Waals surface area contributed by atoms with Gasteiger partial charge in [0.15, 0.2) is 6.20 Å². The van der Waals surface area contributed by atoms with Crippen LogP contribution in [-0.4, -0.2) is 33.7 Å². The van der Waals surface area contributed by atoms with Gasteiger partial charge in [-0.1, -0.05) is 36.6 Å². The van der Waals surface area contributed by atoms with Gasteiger partial charge in [0.05, 0.1) is 18.7 Å². The van der Waals surface area contributed by atoms with Crippen molar-refractivity contribution in [2.45, 2.75) is 31.6 Å². The summed E-state index contributed by atoms with van der Waals surface area (Å²) in [5.41, 5.74) is 6.74. The summed E-state index contributed by atoms with van der Waals surface area (Å²) in [5.74, 6) is 0.522. The molecule has 4 aromatic rings. The number of halogens is 1. The van der Waals surface area contributed by atoms with Crippen LogP contribution in [0.2, 0.25) is 5.02 Å². The third-order valence-corrected chi connectivity index (χ3v) is 7.59. The molecular weight excluding hydrogens is 528 g/mol. The number of methoxy groups -OCH3 is 1. The molecule has 1 saturated carbocycles. The number of hydrogen-bond acceptors (Lipinski definition) is 6. The molecule has 6 rings (SSSR count). The van der Waals surface area contributed by atoms with Gasteiger partial charge in [0.2, 0.25) is 5.69 Å². The van der Waals surface area contributed by atoms with Crippen molar-refractivity contribution in [2.24, 2.45) is 10.9 Å². The highest BCUT2D eigenvalue weighted by Gasteiger charge is 2.34. The van der Waals surface area contributed by atoms with Gasteiger partial charge in [0, 0.05) is 46.2 Å². The molecule has 10 heteroatoms. The molecule has 0 bridgehead atoms. The maximum Gasteiger partial charge on any atom is 0.411 e. The van der Waals surface area contributed by atoms with Crippen molar-refractivity contribution in [3.05, 3.63) is 101 Å². The lowest BCUT2D eigenvalue weighted by Crippen LogP contribution is -2.35. The Morgan fingerprint density at radius 1 is 1.18 bits per heavy atom. The number of aliphatic imine (C=N–C) groups is 1. The smallest absolute Gasteiger partial charge is 0.411 e. The first kappa shape index (κ1) is 25.8. The van der Waals surface area contributed by atoms with Crippen LogP contribution in [-0.2, 0) is 4.74 Å². The van der Waals surface area contributed by atoms with E-state index in [1.165, 1.54) is 26.3 Å². The predicted molar refractivity (Wildman–Crippen MR) is 153 cm³/mol. The highest BCUT2D eigenvalue weighted by molar-refractivity contribution is 6.31. The fourth-order valence-corrected chi connectivity index (χ4v) is 5.25. The van der Waals surface area contributed by atoms with Crippen molar-refractivity contribution >= 4 is 34.7 Å². The molecule has 1 fully saturated rings. The molecule has 0 radical (unpaired) electrons. The number of allylic oxidation sites excluding steroid dienone is 1. The minimum Gasteiger partial charge on any atom is -0.618 e. The van der Waals surface area contributed by atoms with Crippen molar-refractivity contribution in [1.29, 1.82) is 0 Å². The molecule has 1 amide bonds. The standard InChI is InChI=1S/C30H27ClN6O3/c1-40-30(38)35-24-8-4-20(5-9-24)22-13-27(33-15-22)26(12-19-2-3-19)29-10-6-21(16-37(29)39)25-14-23(31)7-11-28(25)36-18-32-17-34-36/h4-11,14-19,26H,2-3,12-13H2,1H3,(H,35,38). The molecule has 2 aromatic carbocycles. The Labute approximate surface area is 236 Å². The zero-order valence-corrected chi connectivity index (χ0v) is 22.6. The average molecular weight is 555 g/mol. The van der Waals surface area contributed by atoms with Crippen LogP contribution in [0.25, 0.3) is 22.4 Å². The number of aromatic nitrogens is 4. The Kier molecular flexibility index (Phi) is 7.04. The summed E-state index contributed by atoms with van der Waals surface area (Å²) in [6, 6.07) is 16.9. The molecule has 1 aliphatic carbocycles. The zero-order chi connectivity index (χ0) is 27.6. The Morgan fingerprint density at radius 3 is 2.67 bits per heavy atom. The highest BCUT2D eigenvalue weighted by Crippen LogP contribution is 2.41. The molecule has 3 heterocycles. The number of amides is 1. The van der Waals surface area contributed by atoms with E-state index >= 15 is 0 Å². The SMILES string of the molecule is COC(=O)Nc1ccc(C2=CN=C(C(CC3CC3)c3ccc(-c4cc(Cl)ccc4-n4cncn4)c[n+]3[O-])C2)cc1. The van der Waals surface area contributed by atoms with Gasteiger partial charge >= 0.3 is 6.09 Å². The number of anilines is 1. The Hall–Kier alpha value is -4.50. The number of carbonyl (C=O) groups excluding carboxylic acids is 1. The summed E-state index contributed by atoms with van der Waals surface area (Å²) in [4.78, 5) is 20.3. The lowest BCUT2D eigenvalue weighted by molar-refractivity contribution is -0.614. The van der Waals surface area contributed by atoms with Gasteiger partial charge in [-0.15, -0.1) is 0 Å². The molecule has 1 atom stereocenters. The first-order chi connectivity index (χ1) is 19.5. The number of ether oxygens (including phenoxy) is 1. The van der Waals surface area contributed by atoms with Crippen molar-refractivity contribution in [3.8, 4) is 16.8 Å². The van der Waals surface area contributed by atoms with Gasteiger partial charge in [-0.05, 0) is 59.9 Å². The van der Waals surface area contributed by atoms with Gasteiger partial charge in [0.1, 0.15) is 12.7 Å². The third kappa shape index (κ3) is 5.46. The van der Waals surface area contributed by atoms with Crippen LogP contribution >= 0.6 is 11.6 Å². The van der Waals surface area contributed by atoms with Crippen molar-refractivity contribution in [1.82, 2.24) is 14.8 Å². The minimum atomic E-state index is -0.511. The van der Waals surface area contributed by atoms with Crippen LogP contribution in [0, 0.1) is 11.1 Å². The Bertz CT molecular complexity index is 1610. The van der Waals surface area contributed by atoms with Crippen LogP contribution in [0.4, 0.5) is 10.5 Å². The molecule has 1 unspecified atom stereocenters. The third-order valence-electron chi connectivity index (χ3n) is 7.35. The molecule has 0 saturated heterocycles. The van der Waals surface area contributed by atoms with Crippen LogP contribution in [0.3, 0.4) is 0 Å². The molecule has 2 aliphatic rings. The van der Waals surface area contributed by atoms with Gasteiger partial charge in [-0.3, -0.25) is 10.3 Å². The highest BCUT2D eigenvalue weighted by atomic mass is 35.5. The van der Waals surface area contributed by atoms with Gasteiger partial charge in [0.25, 0.3) is 0 Å². The molecule has 40 heavy (non-hydrogen) atoms. The van der Waals surface area contributed by atoms with E-state index in [4.69, 9.17) is 16.6 Å². The number of nitrogens with one attached hydrogen (secondary N) is 1. The van der Waals surface area contributed by atoms with Crippen LogP contribution < -0.4 is 10.0 Å². The molecule has 202 valence electrons. The van der Waals surface area contributed by atoms with Gasteiger partial charge < -0.3 is 9.94 Å². The second-order valence-corrected chi connectivity index (χ2v) is 10.5. The fraction of sp³-hybridized carbons (Fsp3) is 0.233. The topological polar surface area (TPSA) is 108 Å². The van der Waals surface area contributed by atoms with E-state index in [2.05, 4.69) is 20.1 Å². The summed E-state index contributed by atoms with van der Waals surface area (Å²) >= 11 is 6.33. The molecule has 9 nitrogen and oxygen atoms in total. The Morgan fingerprint density at radius 2 is 1.98 bits per heavy atom. The van der Waals surface area contributed by atoms with E-state index in [1.54, 1.807) is 23.3 Å². The largest absolute Gasteiger partial charge is 0.618 e. The molecule has 1 aliphatic heterocycles. The van der Waals surface area contributed by atoms with Crippen LogP contribution in [0.5, 0.6) is 0 Å². The number of nitrogens with zero attached hydrogens (tertiary/aromatic N) is 5. The maximum atomic E-state index is 13.5. The van der Waals surface area contributed by atoms with E-state index in [0.29, 0.717) is 28.7 Å². The minimum absolute atomic E-state index is 0.0813. The number of hydrogen-bond donors (Lipinski definition) is 1. The monoisotopic (exact) mass is 554 g/mol. The quantitative estimate of drug-likeness (QED) is 0.207. The number of rotatable bonds is 8. The zero-order valence-electron chi connectivity index (χ0n) is 21.8. The molecule has 0 spiro atoms. The summed E-state index contributed by atoms with van der Waals surface area (Å²) in [6.45, 7) is 0. The second-order valence-electron chi connectivity index (χ2n) is 10.0. The number of pyridine rings is 1. The van der Waals surface area contributed by atoms with Crippen LogP contribution in [0.1, 0.15) is 42.9 Å². The molecule has 1 N–H and O–H groups in total. The van der Waals surface area contributed by atoms with E-state index < -0.39 is 6.09 Å². The molecular formula is C30H27ClN6O3. The van der Waals surface area contributed by atoms with E-state index in [9.17, 15) is 10.0 Å². The van der Waals surface area contributed by atoms with Gasteiger partial charge in [-0.25, -0.2) is 14.5 Å². The van der Waals surface area contributed by atoms with E-state index in [0.717, 1.165) is 44.8 Å². The van der Waals surface area contributed by atoms with Crippen molar-refractivity contribution in [2.75, 3.05) is 12.4 Å². The Balaban J connectivity index is 1.25. The van der Waals surface area contributed by atoms with Crippen molar-refractivity contribution in [3.63, 3.8) is 0 Å². The summed E-state index contributed by atoms with van der Waals surface area (Å²) in [5, 5.41) is 21.0. The number of carbonyl (C=O) groups is 1. The maximum absolute atomic E-state index is 13.5. The van der Waals surface area contributed by atoms with E-state index in [-0.39, 0.29) is 5.92 Å². The van der Waals surface area contributed by atoms with Crippen LogP contribution in [0.15, 0.2) is 84.6 Å². The predicted octanol–water partition coefficient (Wildman–Crippen LogP) is 6.17. The summed E-state index contributed by atoms with van der Waals surface area (Å²) in [6.07, 6.45) is 9.98. The average Bonchev–Trinajstić information content (AvgIpc) is 3.39. The first-order valence-electron chi connectivity index (χ1n) is 13.1.